The Morgan fingerprint density at radius 1 is 1.11 bits per heavy atom. The monoisotopic (exact) mass is 400 g/mol. The second-order valence-corrected chi connectivity index (χ2v) is 8.01. The lowest BCUT2D eigenvalue weighted by Crippen LogP contribution is -2.24. The van der Waals surface area contributed by atoms with Crippen molar-refractivity contribution in [2.24, 2.45) is 0 Å². The molecule has 2 aromatic rings. The van der Waals surface area contributed by atoms with E-state index in [0.717, 1.165) is 11.8 Å². The normalized spacial score (nSPS) is 11.9. The Hall–Kier alpha value is -3.18. The predicted octanol–water partition coefficient (Wildman–Crippen LogP) is 2.68. The van der Waals surface area contributed by atoms with Gasteiger partial charge < -0.3 is 4.74 Å². The van der Waals surface area contributed by atoms with Gasteiger partial charge in [0.25, 0.3) is 0 Å². The van der Waals surface area contributed by atoms with Crippen molar-refractivity contribution >= 4 is 27.5 Å². The average Bonchev–Trinajstić information content (AvgIpc) is 2.65. The Bertz CT molecular complexity index is 990. The summed E-state index contributed by atoms with van der Waals surface area (Å²) in [7, 11) is -3.40. The smallest absolute Gasteiger partial charge is 0.306 e. The standard InChI is InChI=1S/C20H20N2O5S/c1-14(20(24)17-8-10-18(11-9-17)22-28(2,25)26)27-19(23)12-7-15-3-5-16(13-21)6-4-15/h3-6,8-11,14,22H,7,12H2,1-2H3. The number of nitrogens with one attached hydrogen (secondary N) is 1. The number of sulfonamides is 1. The summed E-state index contributed by atoms with van der Waals surface area (Å²) in [6.07, 6.45) is 0.631. The van der Waals surface area contributed by atoms with Crippen molar-refractivity contribution in [2.45, 2.75) is 25.9 Å². The topological polar surface area (TPSA) is 113 Å². The van der Waals surface area contributed by atoms with Gasteiger partial charge in [0.2, 0.25) is 15.8 Å². The number of Topliss-reactive ketones (excluding diaryl/α,β-unsaturated/α-hetero) is 1. The number of hydrogen-bond acceptors (Lipinski definition) is 6. The van der Waals surface area contributed by atoms with Gasteiger partial charge in [-0.3, -0.25) is 14.3 Å². The van der Waals surface area contributed by atoms with Crippen LogP contribution in [0.2, 0.25) is 0 Å². The van der Waals surface area contributed by atoms with Crippen LogP contribution in [-0.4, -0.2) is 32.5 Å². The molecule has 28 heavy (non-hydrogen) atoms. The molecule has 0 aliphatic rings. The maximum Gasteiger partial charge on any atom is 0.306 e. The molecule has 0 aliphatic carbocycles. The van der Waals surface area contributed by atoms with Crippen LogP contribution in [0.15, 0.2) is 48.5 Å². The minimum atomic E-state index is -3.40. The van der Waals surface area contributed by atoms with E-state index < -0.39 is 22.1 Å². The molecule has 2 rings (SSSR count). The zero-order valence-electron chi connectivity index (χ0n) is 15.5. The van der Waals surface area contributed by atoms with Crippen LogP contribution in [0.5, 0.6) is 0 Å². The van der Waals surface area contributed by atoms with Gasteiger partial charge in [-0.05, 0) is 55.3 Å². The lowest BCUT2D eigenvalue weighted by Gasteiger charge is -2.13. The van der Waals surface area contributed by atoms with Crippen molar-refractivity contribution in [3.05, 3.63) is 65.2 Å². The molecule has 0 aliphatic heterocycles. The van der Waals surface area contributed by atoms with E-state index in [-0.39, 0.29) is 12.2 Å². The number of nitriles is 1. The molecule has 0 saturated heterocycles. The van der Waals surface area contributed by atoms with Gasteiger partial charge in [0.05, 0.1) is 17.9 Å². The molecule has 2 aromatic carbocycles. The number of ketones is 1. The molecule has 7 nitrogen and oxygen atoms in total. The Balaban J connectivity index is 1.88. The quantitative estimate of drug-likeness (QED) is 0.538. The van der Waals surface area contributed by atoms with Crippen molar-refractivity contribution in [3.63, 3.8) is 0 Å². The van der Waals surface area contributed by atoms with Gasteiger partial charge in [-0.25, -0.2) is 8.42 Å². The highest BCUT2D eigenvalue weighted by Crippen LogP contribution is 2.14. The third-order valence-corrected chi connectivity index (χ3v) is 4.46. The minimum Gasteiger partial charge on any atom is -0.454 e. The number of hydrogen-bond donors (Lipinski definition) is 1. The molecule has 0 amide bonds. The van der Waals surface area contributed by atoms with Crippen LogP contribution in [0.3, 0.4) is 0 Å². The zero-order chi connectivity index (χ0) is 20.7. The summed E-state index contributed by atoms with van der Waals surface area (Å²) in [5, 5.41) is 8.77. The third-order valence-electron chi connectivity index (χ3n) is 3.85. The maximum atomic E-state index is 12.4. The first-order valence-electron chi connectivity index (χ1n) is 8.48. The van der Waals surface area contributed by atoms with Crippen molar-refractivity contribution in [1.29, 1.82) is 5.26 Å². The van der Waals surface area contributed by atoms with Gasteiger partial charge in [0.1, 0.15) is 0 Å². The Labute approximate surface area is 164 Å². The first kappa shape index (κ1) is 21.1. The van der Waals surface area contributed by atoms with Crippen LogP contribution in [-0.2, 0) is 26.0 Å². The van der Waals surface area contributed by atoms with Gasteiger partial charge in [-0.1, -0.05) is 12.1 Å². The first-order chi connectivity index (χ1) is 13.2. The van der Waals surface area contributed by atoms with E-state index in [9.17, 15) is 18.0 Å². The van der Waals surface area contributed by atoms with E-state index in [1.165, 1.54) is 31.2 Å². The van der Waals surface area contributed by atoms with Crippen molar-refractivity contribution in [1.82, 2.24) is 0 Å². The summed E-state index contributed by atoms with van der Waals surface area (Å²) in [4.78, 5) is 24.4. The lowest BCUT2D eigenvalue weighted by molar-refractivity contribution is -0.146. The molecular weight excluding hydrogens is 380 g/mol. The molecule has 0 bridgehead atoms. The van der Waals surface area contributed by atoms with Crippen molar-refractivity contribution in [2.75, 3.05) is 11.0 Å². The largest absolute Gasteiger partial charge is 0.454 e. The van der Waals surface area contributed by atoms with Crippen LogP contribution in [0.4, 0.5) is 5.69 Å². The number of aryl methyl sites for hydroxylation is 1. The van der Waals surface area contributed by atoms with Crippen LogP contribution < -0.4 is 4.72 Å². The van der Waals surface area contributed by atoms with Crippen LogP contribution >= 0.6 is 0 Å². The zero-order valence-corrected chi connectivity index (χ0v) is 16.3. The van der Waals surface area contributed by atoms with Gasteiger partial charge >= 0.3 is 5.97 Å². The van der Waals surface area contributed by atoms with Gasteiger partial charge in [-0.15, -0.1) is 0 Å². The van der Waals surface area contributed by atoms with Crippen molar-refractivity contribution < 1.29 is 22.7 Å². The van der Waals surface area contributed by atoms with Gasteiger partial charge in [0.15, 0.2) is 6.10 Å². The number of ether oxygens (including phenoxy) is 1. The Morgan fingerprint density at radius 2 is 1.71 bits per heavy atom. The SMILES string of the molecule is CC(OC(=O)CCc1ccc(C#N)cc1)C(=O)c1ccc(NS(C)(=O)=O)cc1. The highest BCUT2D eigenvalue weighted by atomic mass is 32.2. The van der Waals surface area contributed by atoms with E-state index in [1.807, 2.05) is 6.07 Å². The number of rotatable bonds is 8. The molecule has 0 aromatic heterocycles. The molecule has 0 radical (unpaired) electrons. The van der Waals surface area contributed by atoms with Gasteiger partial charge in [0, 0.05) is 17.7 Å². The van der Waals surface area contributed by atoms with E-state index >= 15 is 0 Å². The fraction of sp³-hybridized carbons (Fsp3) is 0.250. The molecule has 0 saturated carbocycles. The molecule has 1 unspecified atom stereocenters. The van der Waals surface area contributed by atoms with E-state index in [0.29, 0.717) is 23.2 Å². The highest BCUT2D eigenvalue weighted by molar-refractivity contribution is 7.92. The molecule has 146 valence electrons. The molecule has 0 heterocycles. The number of carbonyl (C=O) groups excluding carboxylic acids is 2. The molecule has 1 N–H and O–H groups in total. The summed E-state index contributed by atoms with van der Waals surface area (Å²) in [5.41, 5.74) is 2.09. The molecule has 0 fully saturated rings. The number of benzene rings is 2. The summed E-state index contributed by atoms with van der Waals surface area (Å²) in [5.74, 6) is -0.877. The average molecular weight is 400 g/mol. The van der Waals surface area contributed by atoms with E-state index in [1.54, 1.807) is 24.3 Å². The number of nitrogens with zero attached hydrogens (tertiary/aromatic N) is 1. The van der Waals surface area contributed by atoms with E-state index in [4.69, 9.17) is 10.00 Å². The minimum absolute atomic E-state index is 0.112. The summed E-state index contributed by atoms with van der Waals surface area (Å²) in [6.45, 7) is 1.49. The summed E-state index contributed by atoms with van der Waals surface area (Å²) < 4.78 is 29.9. The second kappa shape index (κ2) is 9.15. The number of anilines is 1. The Morgan fingerprint density at radius 3 is 2.25 bits per heavy atom. The molecule has 8 heteroatoms. The lowest BCUT2D eigenvalue weighted by atomic mass is 10.1. The fourth-order valence-corrected chi connectivity index (χ4v) is 3.02. The van der Waals surface area contributed by atoms with Crippen molar-refractivity contribution in [3.8, 4) is 6.07 Å². The highest BCUT2D eigenvalue weighted by Gasteiger charge is 2.19. The summed E-state index contributed by atoms with van der Waals surface area (Å²) >= 11 is 0. The molecular formula is C20H20N2O5S. The maximum absolute atomic E-state index is 12.4. The van der Waals surface area contributed by atoms with Crippen LogP contribution in [0, 0.1) is 11.3 Å². The predicted molar refractivity (Wildman–Crippen MR) is 104 cm³/mol. The number of carbonyl (C=O) groups is 2. The third kappa shape index (κ3) is 6.52. The first-order valence-corrected chi connectivity index (χ1v) is 10.4. The van der Waals surface area contributed by atoms with E-state index in [2.05, 4.69) is 4.72 Å². The Kier molecular flexibility index (Phi) is 6.90. The molecule has 0 spiro atoms. The van der Waals surface area contributed by atoms with Crippen LogP contribution in [0.1, 0.15) is 34.8 Å². The van der Waals surface area contributed by atoms with Gasteiger partial charge in [-0.2, -0.15) is 5.26 Å². The second-order valence-electron chi connectivity index (χ2n) is 6.26. The van der Waals surface area contributed by atoms with Crippen LogP contribution in [0.25, 0.3) is 0 Å². The fourth-order valence-electron chi connectivity index (χ4n) is 2.45. The molecule has 1 atom stereocenters. The summed E-state index contributed by atoms with van der Waals surface area (Å²) in [6, 6.07) is 14.8. The number of esters is 1.